The van der Waals surface area contributed by atoms with Crippen LogP contribution < -0.4 is 0 Å². The normalized spacial score (nSPS) is 41.4. The van der Waals surface area contributed by atoms with Crippen molar-refractivity contribution in [3.63, 3.8) is 0 Å². The van der Waals surface area contributed by atoms with E-state index in [2.05, 4.69) is 39.0 Å². The van der Waals surface area contributed by atoms with Crippen LogP contribution in [-0.2, 0) is 0 Å². The van der Waals surface area contributed by atoms with Gasteiger partial charge in [0.25, 0.3) is 0 Å². The van der Waals surface area contributed by atoms with Gasteiger partial charge in [0.15, 0.2) is 0 Å². The zero-order valence-corrected chi connectivity index (χ0v) is 14.8. The molecule has 0 nitrogen and oxygen atoms in total. The first-order chi connectivity index (χ1) is 11.6. The minimum atomic E-state index is 0.713. The third-order valence-corrected chi connectivity index (χ3v) is 8.41. The van der Waals surface area contributed by atoms with Gasteiger partial charge in [0.2, 0.25) is 0 Å². The molecule has 0 heterocycles. The monoisotopic (exact) mass is 312 g/mol. The van der Waals surface area contributed by atoms with Gasteiger partial charge < -0.3 is 0 Å². The van der Waals surface area contributed by atoms with E-state index in [1.807, 2.05) is 33.4 Å². The fourth-order valence-electron chi connectivity index (χ4n) is 7.66. The van der Waals surface area contributed by atoms with Crippen molar-refractivity contribution in [1.82, 2.24) is 0 Å². The van der Waals surface area contributed by atoms with Crippen molar-refractivity contribution in [3.05, 3.63) is 68.3 Å². The maximum Gasteiger partial charge on any atom is 0.00605 e. The molecule has 0 N–H and O–H groups in total. The Labute approximate surface area is 144 Å². The predicted octanol–water partition coefficient (Wildman–Crippen LogP) is 6.28. The van der Waals surface area contributed by atoms with Gasteiger partial charge in [-0.25, -0.2) is 0 Å². The molecular weight excluding hydrogens is 288 g/mol. The number of hydrogen-bond donors (Lipinski definition) is 0. The second kappa shape index (κ2) is 3.66. The minimum absolute atomic E-state index is 0.713. The Morgan fingerprint density at radius 1 is 0.500 bits per heavy atom. The number of allylic oxidation sites excluding steroid dienone is 6. The van der Waals surface area contributed by atoms with Crippen molar-refractivity contribution < 1.29 is 0 Å². The molecule has 24 heavy (non-hydrogen) atoms. The molecule has 0 spiro atoms. The van der Waals surface area contributed by atoms with Crippen LogP contribution in [0, 0.1) is 0 Å². The molecule has 0 radical (unpaired) electrons. The molecule has 0 unspecified atom stereocenters. The van der Waals surface area contributed by atoms with Crippen molar-refractivity contribution in [3.8, 4) is 0 Å². The van der Waals surface area contributed by atoms with Gasteiger partial charge in [-0.2, -0.15) is 0 Å². The van der Waals surface area contributed by atoms with E-state index in [0.717, 1.165) is 17.8 Å². The lowest BCUT2D eigenvalue weighted by Gasteiger charge is -2.31. The first-order valence-electron chi connectivity index (χ1n) is 9.91. The topological polar surface area (TPSA) is 0 Å². The summed E-state index contributed by atoms with van der Waals surface area (Å²) in [5, 5.41) is 0. The van der Waals surface area contributed by atoms with E-state index in [1.165, 1.54) is 19.3 Å². The summed E-state index contributed by atoms with van der Waals surface area (Å²) in [7, 11) is 0. The highest BCUT2D eigenvalue weighted by Crippen LogP contribution is 2.68. The summed E-state index contributed by atoms with van der Waals surface area (Å²) < 4.78 is 0. The van der Waals surface area contributed by atoms with Gasteiger partial charge in [0.1, 0.15) is 0 Å². The Hall–Kier alpha value is -1.56. The molecule has 6 atom stereocenters. The Morgan fingerprint density at radius 2 is 0.792 bits per heavy atom. The van der Waals surface area contributed by atoms with E-state index >= 15 is 0 Å². The lowest BCUT2D eigenvalue weighted by atomic mass is 9.73. The van der Waals surface area contributed by atoms with Gasteiger partial charge in [-0.15, -0.1) is 0 Å². The standard InChI is InChI=1S/C24H24/c1-10-4-13-8-17-12(3)6-15-9-18-11(2)5-14-7-16(10)22-19(13)23(17)21(15)24(18)20(14)22/h4-6,13-18H,7-9H2,1-3H3/t13-,14-,15-,16-,17-,18-/m1/s1. The van der Waals surface area contributed by atoms with Crippen LogP contribution in [0.2, 0.25) is 0 Å². The van der Waals surface area contributed by atoms with Crippen molar-refractivity contribution in [1.29, 1.82) is 0 Å². The van der Waals surface area contributed by atoms with Gasteiger partial charge >= 0.3 is 0 Å². The largest absolute Gasteiger partial charge is 0.0774 e. The van der Waals surface area contributed by atoms with Crippen molar-refractivity contribution in [2.75, 3.05) is 0 Å². The number of hydrogen-bond acceptors (Lipinski definition) is 0. The van der Waals surface area contributed by atoms with Gasteiger partial charge in [-0.1, -0.05) is 34.9 Å². The molecule has 0 fully saturated rings. The fraction of sp³-hybridized carbons (Fsp3) is 0.500. The summed E-state index contributed by atoms with van der Waals surface area (Å²) in [6.45, 7) is 7.24. The quantitative estimate of drug-likeness (QED) is 0.495. The van der Waals surface area contributed by atoms with Crippen LogP contribution in [0.3, 0.4) is 0 Å². The maximum absolute atomic E-state index is 2.66. The van der Waals surface area contributed by atoms with Crippen LogP contribution >= 0.6 is 0 Å². The van der Waals surface area contributed by atoms with Crippen LogP contribution in [0.1, 0.15) is 109 Å². The van der Waals surface area contributed by atoms with Crippen molar-refractivity contribution in [2.45, 2.75) is 75.5 Å². The van der Waals surface area contributed by atoms with E-state index in [4.69, 9.17) is 0 Å². The minimum Gasteiger partial charge on any atom is -0.0774 e. The van der Waals surface area contributed by atoms with Crippen LogP contribution in [0.15, 0.2) is 34.9 Å². The second-order valence-corrected chi connectivity index (χ2v) is 9.40. The molecule has 1 aromatic rings. The molecule has 0 saturated carbocycles. The summed E-state index contributed by atoms with van der Waals surface area (Å²) in [6.07, 6.45) is 12.0. The molecule has 0 aromatic heterocycles. The highest BCUT2D eigenvalue weighted by atomic mass is 14.6. The molecule has 0 amide bonds. The molecule has 0 saturated heterocycles. The second-order valence-electron chi connectivity index (χ2n) is 9.40. The number of benzene rings is 1. The third-order valence-electron chi connectivity index (χ3n) is 8.41. The lowest BCUT2D eigenvalue weighted by molar-refractivity contribution is 0.657. The van der Waals surface area contributed by atoms with Gasteiger partial charge in [0, 0.05) is 35.5 Å². The Balaban J connectivity index is 1.69. The Kier molecular flexibility index (Phi) is 1.95. The van der Waals surface area contributed by atoms with Crippen molar-refractivity contribution >= 4 is 0 Å². The maximum atomic E-state index is 2.66. The van der Waals surface area contributed by atoms with E-state index in [0.29, 0.717) is 17.8 Å². The van der Waals surface area contributed by atoms with Gasteiger partial charge in [-0.05, 0) is 73.4 Å². The molecule has 0 heteroatoms. The van der Waals surface area contributed by atoms with Gasteiger partial charge in [-0.3, -0.25) is 0 Å². The molecule has 0 aliphatic heterocycles. The van der Waals surface area contributed by atoms with Crippen LogP contribution in [0.5, 0.6) is 0 Å². The van der Waals surface area contributed by atoms with Crippen LogP contribution in [0.25, 0.3) is 0 Å². The summed E-state index contributed by atoms with van der Waals surface area (Å²) in [4.78, 5) is 0. The zero-order valence-electron chi connectivity index (χ0n) is 14.8. The summed E-state index contributed by atoms with van der Waals surface area (Å²) in [5.74, 6) is 4.32. The van der Waals surface area contributed by atoms with E-state index in [1.54, 1.807) is 16.7 Å². The van der Waals surface area contributed by atoms with Gasteiger partial charge in [0.05, 0.1) is 0 Å². The first-order valence-corrected chi connectivity index (χ1v) is 9.91. The fourth-order valence-corrected chi connectivity index (χ4v) is 7.66. The molecule has 6 aliphatic carbocycles. The molecule has 1 aromatic carbocycles. The zero-order chi connectivity index (χ0) is 15.9. The van der Waals surface area contributed by atoms with E-state index < -0.39 is 0 Å². The van der Waals surface area contributed by atoms with Crippen molar-refractivity contribution in [2.24, 2.45) is 0 Å². The Morgan fingerprint density at radius 3 is 1.08 bits per heavy atom. The van der Waals surface area contributed by atoms with Crippen LogP contribution in [-0.4, -0.2) is 0 Å². The molecule has 0 bridgehead atoms. The summed E-state index contributed by atoms with van der Waals surface area (Å²) in [6, 6.07) is 0. The summed E-state index contributed by atoms with van der Waals surface area (Å²) >= 11 is 0. The summed E-state index contributed by atoms with van der Waals surface area (Å²) in [5.41, 5.74) is 15.9. The van der Waals surface area contributed by atoms with E-state index in [-0.39, 0.29) is 0 Å². The first kappa shape index (κ1) is 12.8. The molecular formula is C24H24. The molecule has 120 valence electrons. The third kappa shape index (κ3) is 1.14. The highest BCUT2D eigenvalue weighted by molar-refractivity contribution is 5.73. The highest BCUT2D eigenvalue weighted by Gasteiger charge is 2.52. The predicted molar refractivity (Wildman–Crippen MR) is 98.0 cm³/mol. The number of rotatable bonds is 0. The SMILES string of the molecule is CC1=C[C@@H]2C[C@@H]3C(C)=C[C@@H]4C[C@@H]5C(C)=C[C@@H]6C[C@H]1c1c6c5c4c3c12. The smallest absolute Gasteiger partial charge is 0.00605 e. The average Bonchev–Trinajstić information content (AvgIpc) is 3.18. The average molecular weight is 312 g/mol. The molecule has 6 aliphatic rings. The van der Waals surface area contributed by atoms with Crippen LogP contribution in [0.4, 0.5) is 0 Å². The molecule has 7 rings (SSSR count). The lowest BCUT2D eigenvalue weighted by Crippen LogP contribution is -2.15. The van der Waals surface area contributed by atoms with E-state index in [9.17, 15) is 0 Å². The Bertz CT molecular complexity index is 806.